The standard InChI is InChI=1S/C12H22N4O2/c1-5-8(6-2)10(16-13)11-12(18-4)15-9(17-3)7-14-11/h7-8,10,16H,5-6,13H2,1-4H3. The van der Waals surface area contributed by atoms with Crippen molar-refractivity contribution in [2.75, 3.05) is 14.2 Å². The first-order chi connectivity index (χ1) is 8.71. The van der Waals surface area contributed by atoms with E-state index < -0.39 is 0 Å². The van der Waals surface area contributed by atoms with Crippen LogP contribution in [0.5, 0.6) is 11.8 Å². The third kappa shape index (κ3) is 3.08. The predicted molar refractivity (Wildman–Crippen MR) is 69.3 cm³/mol. The molecule has 6 heteroatoms. The van der Waals surface area contributed by atoms with Crippen molar-refractivity contribution in [2.45, 2.75) is 32.7 Å². The second-order valence-electron chi connectivity index (χ2n) is 4.03. The molecule has 1 heterocycles. The van der Waals surface area contributed by atoms with Gasteiger partial charge in [0.05, 0.1) is 26.5 Å². The number of nitrogens with two attached hydrogens (primary N) is 1. The fraction of sp³-hybridized carbons (Fsp3) is 0.667. The maximum absolute atomic E-state index is 5.65. The van der Waals surface area contributed by atoms with E-state index in [0.717, 1.165) is 18.5 Å². The molecule has 1 aromatic heterocycles. The quantitative estimate of drug-likeness (QED) is 0.566. The Kier molecular flexibility index (Phi) is 5.80. The number of nitrogens with zero attached hydrogens (tertiary/aromatic N) is 2. The van der Waals surface area contributed by atoms with Gasteiger partial charge in [-0.2, -0.15) is 4.98 Å². The predicted octanol–water partition coefficient (Wildman–Crippen LogP) is 1.43. The summed E-state index contributed by atoms with van der Waals surface area (Å²) in [5, 5.41) is 0. The highest BCUT2D eigenvalue weighted by Gasteiger charge is 2.25. The van der Waals surface area contributed by atoms with Crippen molar-refractivity contribution in [3.05, 3.63) is 11.9 Å². The fourth-order valence-electron chi connectivity index (χ4n) is 2.03. The number of nitrogens with one attached hydrogen (secondary N) is 1. The van der Waals surface area contributed by atoms with Gasteiger partial charge in [-0.15, -0.1) is 0 Å². The summed E-state index contributed by atoms with van der Waals surface area (Å²) in [6.45, 7) is 4.25. The summed E-state index contributed by atoms with van der Waals surface area (Å²) in [4.78, 5) is 8.58. The van der Waals surface area contributed by atoms with Crippen LogP contribution in [0, 0.1) is 5.92 Å². The number of hydrogen-bond acceptors (Lipinski definition) is 6. The molecule has 1 aromatic rings. The SMILES string of the molecule is CCC(CC)C(NN)c1ncc(OC)nc1OC. The molecule has 0 bridgehead atoms. The fourth-order valence-corrected chi connectivity index (χ4v) is 2.03. The largest absolute Gasteiger partial charge is 0.480 e. The summed E-state index contributed by atoms with van der Waals surface area (Å²) >= 11 is 0. The van der Waals surface area contributed by atoms with E-state index in [-0.39, 0.29) is 6.04 Å². The molecule has 0 aliphatic heterocycles. The number of aromatic nitrogens is 2. The minimum atomic E-state index is -0.0756. The summed E-state index contributed by atoms with van der Waals surface area (Å²) in [6.07, 6.45) is 3.58. The summed E-state index contributed by atoms with van der Waals surface area (Å²) < 4.78 is 10.3. The highest BCUT2D eigenvalue weighted by molar-refractivity contribution is 5.26. The van der Waals surface area contributed by atoms with Gasteiger partial charge in [0.25, 0.3) is 0 Å². The monoisotopic (exact) mass is 254 g/mol. The van der Waals surface area contributed by atoms with E-state index in [9.17, 15) is 0 Å². The molecule has 1 atom stereocenters. The molecule has 3 N–H and O–H groups in total. The molecule has 0 aliphatic carbocycles. The minimum absolute atomic E-state index is 0.0756. The zero-order valence-corrected chi connectivity index (χ0v) is 11.4. The van der Waals surface area contributed by atoms with Crippen molar-refractivity contribution in [3.63, 3.8) is 0 Å². The van der Waals surface area contributed by atoms with Crippen LogP contribution in [0.3, 0.4) is 0 Å². The van der Waals surface area contributed by atoms with Crippen molar-refractivity contribution in [1.29, 1.82) is 0 Å². The van der Waals surface area contributed by atoms with Gasteiger partial charge in [-0.25, -0.2) is 4.98 Å². The first-order valence-corrected chi connectivity index (χ1v) is 6.12. The molecule has 0 amide bonds. The highest BCUT2D eigenvalue weighted by Crippen LogP contribution is 2.31. The van der Waals surface area contributed by atoms with Gasteiger partial charge in [-0.3, -0.25) is 11.3 Å². The minimum Gasteiger partial charge on any atom is -0.480 e. The van der Waals surface area contributed by atoms with E-state index in [2.05, 4.69) is 29.2 Å². The maximum Gasteiger partial charge on any atom is 0.240 e. The highest BCUT2D eigenvalue weighted by atomic mass is 16.5. The molecule has 0 aromatic carbocycles. The normalized spacial score (nSPS) is 12.6. The topological polar surface area (TPSA) is 82.3 Å². The van der Waals surface area contributed by atoms with E-state index >= 15 is 0 Å². The van der Waals surface area contributed by atoms with Crippen LogP contribution in [0.4, 0.5) is 0 Å². The average molecular weight is 254 g/mol. The number of hydrogen-bond donors (Lipinski definition) is 2. The van der Waals surface area contributed by atoms with Crippen molar-refractivity contribution >= 4 is 0 Å². The Morgan fingerprint density at radius 2 is 1.94 bits per heavy atom. The molecular formula is C12H22N4O2. The Balaban J connectivity index is 3.11. The van der Waals surface area contributed by atoms with Gasteiger partial charge in [0.15, 0.2) is 0 Å². The summed E-state index contributed by atoms with van der Waals surface area (Å²) in [5.74, 6) is 6.90. The van der Waals surface area contributed by atoms with Crippen LogP contribution in [0.1, 0.15) is 38.4 Å². The smallest absolute Gasteiger partial charge is 0.240 e. The molecule has 0 spiro atoms. The zero-order chi connectivity index (χ0) is 13.5. The van der Waals surface area contributed by atoms with Gasteiger partial charge in [-0.05, 0) is 5.92 Å². The van der Waals surface area contributed by atoms with Gasteiger partial charge in [0, 0.05) is 0 Å². The molecular weight excluding hydrogens is 232 g/mol. The van der Waals surface area contributed by atoms with Crippen molar-refractivity contribution in [1.82, 2.24) is 15.4 Å². The lowest BCUT2D eigenvalue weighted by atomic mass is 9.92. The maximum atomic E-state index is 5.65. The zero-order valence-electron chi connectivity index (χ0n) is 11.4. The van der Waals surface area contributed by atoms with Crippen LogP contribution in [0.25, 0.3) is 0 Å². The number of methoxy groups -OCH3 is 2. The van der Waals surface area contributed by atoms with Gasteiger partial charge < -0.3 is 9.47 Å². The van der Waals surface area contributed by atoms with Crippen LogP contribution in [-0.4, -0.2) is 24.2 Å². The Labute approximate surface area is 108 Å². The van der Waals surface area contributed by atoms with E-state index in [1.165, 1.54) is 0 Å². The first kappa shape index (κ1) is 14.7. The van der Waals surface area contributed by atoms with Crippen molar-refractivity contribution in [2.24, 2.45) is 11.8 Å². The van der Waals surface area contributed by atoms with Gasteiger partial charge in [0.1, 0.15) is 5.69 Å². The number of hydrazine groups is 1. The van der Waals surface area contributed by atoms with Gasteiger partial charge in [-0.1, -0.05) is 26.7 Å². The van der Waals surface area contributed by atoms with E-state index in [1.54, 1.807) is 20.4 Å². The number of rotatable bonds is 7. The first-order valence-electron chi connectivity index (χ1n) is 6.12. The molecule has 0 fully saturated rings. The second-order valence-corrected chi connectivity index (χ2v) is 4.03. The number of ether oxygens (including phenoxy) is 2. The Morgan fingerprint density at radius 1 is 1.28 bits per heavy atom. The third-order valence-corrected chi connectivity index (χ3v) is 3.14. The van der Waals surface area contributed by atoms with E-state index in [0.29, 0.717) is 17.7 Å². The average Bonchev–Trinajstić information content (AvgIpc) is 2.44. The van der Waals surface area contributed by atoms with Gasteiger partial charge >= 0.3 is 0 Å². The molecule has 1 unspecified atom stereocenters. The van der Waals surface area contributed by atoms with E-state index in [4.69, 9.17) is 15.3 Å². The Morgan fingerprint density at radius 3 is 2.39 bits per heavy atom. The molecule has 18 heavy (non-hydrogen) atoms. The summed E-state index contributed by atoms with van der Waals surface area (Å²) in [7, 11) is 3.11. The summed E-state index contributed by atoms with van der Waals surface area (Å²) in [5.41, 5.74) is 3.53. The van der Waals surface area contributed by atoms with Crippen molar-refractivity contribution < 1.29 is 9.47 Å². The molecule has 0 aliphatic rings. The van der Waals surface area contributed by atoms with Crippen LogP contribution < -0.4 is 20.7 Å². The van der Waals surface area contributed by atoms with Crippen LogP contribution in [-0.2, 0) is 0 Å². The molecule has 1 rings (SSSR count). The third-order valence-electron chi connectivity index (χ3n) is 3.14. The molecule has 6 nitrogen and oxygen atoms in total. The Hall–Kier alpha value is -1.40. The van der Waals surface area contributed by atoms with Crippen LogP contribution in [0.15, 0.2) is 6.20 Å². The molecule has 0 radical (unpaired) electrons. The lowest BCUT2D eigenvalue weighted by molar-refractivity contribution is 0.308. The van der Waals surface area contributed by atoms with Gasteiger partial charge in [0.2, 0.25) is 11.8 Å². The molecule has 0 saturated carbocycles. The van der Waals surface area contributed by atoms with E-state index in [1.807, 2.05) is 0 Å². The summed E-state index contributed by atoms with van der Waals surface area (Å²) in [6, 6.07) is -0.0756. The van der Waals surface area contributed by atoms with Crippen molar-refractivity contribution in [3.8, 4) is 11.8 Å². The lowest BCUT2D eigenvalue weighted by Crippen LogP contribution is -2.34. The molecule has 102 valence electrons. The lowest BCUT2D eigenvalue weighted by Gasteiger charge is -2.24. The van der Waals surface area contributed by atoms with Crippen LogP contribution in [0.2, 0.25) is 0 Å². The second kappa shape index (κ2) is 7.13. The van der Waals surface area contributed by atoms with Crippen LogP contribution >= 0.6 is 0 Å². The molecule has 0 saturated heterocycles. The Bertz CT molecular complexity index is 369.